The summed E-state index contributed by atoms with van der Waals surface area (Å²) in [6, 6.07) is 0. The molecule has 0 fully saturated rings. The summed E-state index contributed by atoms with van der Waals surface area (Å²) in [5, 5.41) is 0. The number of rotatable bonds is 7. The number of hydrogen-bond acceptors (Lipinski definition) is 5. The van der Waals surface area contributed by atoms with E-state index in [0.29, 0.717) is 0 Å². The fraction of sp³-hybridized carbons (Fsp3) is 0.667. The van der Waals surface area contributed by atoms with Crippen LogP contribution in [0.3, 0.4) is 0 Å². The molecular weight excluding hydrogens is 236 g/mol. The zero-order chi connectivity index (χ0) is 11.9. The van der Waals surface area contributed by atoms with Crippen molar-refractivity contribution in [3.63, 3.8) is 0 Å². The normalized spacial score (nSPS) is 13.2. The van der Waals surface area contributed by atoms with Gasteiger partial charge in [0.25, 0.3) is 0 Å². The van der Waals surface area contributed by atoms with E-state index >= 15 is 0 Å². The molecule has 0 radical (unpaired) electrons. The third-order valence-electron chi connectivity index (χ3n) is 1.62. The highest BCUT2D eigenvalue weighted by Crippen LogP contribution is 2.19. The molecule has 0 amide bonds. The molecule has 88 valence electrons. The van der Waals surface area contributed by atoms with Gasteiger partial charge in [0.05, 0.1) is 0 Å². The highest BCUT2D eigenvalue weighted by molar-refractivity contribution is 8.12. The van der Waals surface area contributed by atoms with Crippen LogP contribution in [0.2, 0.25) is 0 Å². The molecule has 0 aromatic carbocycles. The molecule has 0 rings (SSSR count). The summed E-state index contributed by atoms with van der Waals surface area (Å²) in [5.74, 6) is -0.194. The van der Waals surface area contributed by atoms with Crippen molar-refractivity contribution in [2.24, 2.45) is 0 Å². The van der Waals surface area contributed by atoms with Crippen molar-refractivity contribution in [1.82, 2.24) is 0 Å². The third-order valence-corrected chi connectivity index (χ3v) is 4.94. The Balaban J connectivity index is 4.20. The number of carbonyl (C=O) groups excluding carboxylic acids is 1. The largest absolute Gasteiger partial charge is 0.345 e. The monoisotopic (exact) mass is 252 g/mol. The highest BCUT2D eigenvalue weighted by atomic mass is 32.3. The first-order chi connectivity index (χ1) is 6.94. The molecule has 15 heavy (non-hydrogen) atoms. The minimum Gasteiger partial charge on any atom is -0.341 e. The predicted octanol–water partition coefficient (Wildman–Crippen LogP) is 1.92. The average molecular weight is 252 g/mol. The van der Waals surface area contributed by atoms with Gasteiger partial charge in [0, 0.05) is 6.08 Å². The molecule has 1 unspecified atom stereocenters. The lowest BCUT2D eigenvalue weighted by molar-refractivity contribution is -0.128. The molecule has 0 spiro atoms. The molecule has 6 heteroatoms. The molecule has 0 aliphatic rings. The van der Waals surface area contributed by atoms with Gasteiger partial charge >= 0.3 is 16.1 Å². The molecule has 0 heterocycles. The maximum atomic E-state index is 11.4. The van der Waals surface area contributed by atoms with E-state index in [9.17, 15) is 13.2 Å². The molecular formula is C9H16O4S2. The van der Waals surface area contributed by atoms with Crippen molar-refractivity contribution in [3.8, 4) is 0 Å². The first-order valence-electron chi connectivity index (χ1n) is 4.65. The maximum absolute atomic E-state index is 11.4. The van der Waals surface area contributed by atoms with E-state index in [4.69, 9.17) is 0 Å². The number of hydrogen-bond donors (Lipinski definition) is 0. The second kappa shape index (κ2) is 6.90. The first-order valence-corrected chi connectivity index (χ1v) is 7.17. The Bertz CT molecular complexity index is 308. The van der Waals surface area contributed by atoms with Gasteiger partial charge in [0.2, 0.25) is 0 Å². The van der Waals surface area contributed by atoms with Crippen LogP contribution in [-0.2, 0) is 19.1 Å². The molecule has 0 saturated heterocycles. The van der Waals surface area contributed by atoms with Gasteiger partial charge < -0.3 is 4.18 Å². The number of carbonyl (C=O) groups is 1. The van der Waals surface area contributed by atoms with Crippen molar-refractivity contribution in [1.29, 1.82) is 0 Å². The summed E-state index contributed by atoms with van der Waals surface area (Å²) >= 11 is 1.26. The maximum Gasteiger partial charge on any atom is 0.345 e. The Morgan fingerprint density at radius 1 is 1.60 bits per heavy atom. The lowest BCUT2D eigenvalue weighted by atomic mass is 10.4. The van der Waals surface area contributed by atoms with Crippen LogP contribution in [0, 0.1) is 0 Å². The van der Waals surface area contributed by atoms with Gasteiger partial charge in [-0.1, -0.05) is 19.9 Å². The summed E-state index contributed by atoms with van der Waals surface area (Å²) in [4.78, 5) is 10.7. The molecule has 0 aromatic rings. The van der Waals surface area contributed by atoms with E-state index in [1.807, 2.05) is 6.92 Å². The van der Waals surface area contributed by atoms with Gasteiger partial charge in [-0.25, -0.2) is 4.79 Å². The standard InChI is InChI=1S/C9H16O4S2/c1-4-6-7-14-8(3)15(11,12)13-9(10)5-2/h5,8H,2,4,6-7H2,1,3H3. The van der Waals surface area contributed by atoms with Crippen molar-refractivity contribution < 1.29 is 17.4 Å². The van der Waals surface area contributed by atoms with E-state index in [-0.39, 0.29) is 0 Å². The topological polar surface area (TPSA) is 60.4 Å². The van der Waals surface area contributed by atoms with Gasteiger partial charge in [-0.05, 0) is 19.1 Å². The first kappa shape index (κ1) is 14.5. The summed E-state index contributed by atoms with van der Waals surface area (Å²) in [6.45, 7) is 6.66. The Labute approximate surface area is 95.2 Å². The van der Waals surface area contributed by atoms with Crippen molar-refractivity contribution in [2.45, 2.75) is 31.3 Å². The van der Waals surface area contributed by atoms with Crippen LogP contribution >= 0.6 is 11.8 Å². The van der Waals surface area contributed by atoms with E-state index in [0.717, 1.165) is 24.7 Å². The zero-order valence-electron chi connectivity index (χ0n) is 8.93. The van der Waals surface area contributed by atoms with E-state index < -0.39 is 20.7 Å². The summed E-state index contributed by atoms with van der Waals surface area (Å²) in [6.07, 6.45) is 2.78. The second-order valence-corrected chi connectivity index (χ2v) is 6.50. The van der Waals surface area contributed by atoms with Crippen LogP contribution in [0.4, 0.5) is 0 Å². The lowest BCUT2D eigenvalue weighted by Crippen LogP contribution is -2.20. The molecule has 4 nitrogen and oxygen atoms in total. The summed E-state index contributed by atoms with van der Waals surface area (Å²) in [7, 11) is -3.81. The molecule has 0 bridgehead atoms. The Hall–Kier alpha value is -0.490. The number of unbranched alkanes of at least 4 members (excludes halogenated alkanes) is 1. The van der Waals surface area contributed by atoms with Crippen LogP contribution in [0.5, 0.6) is 0 Å². The zero-order valence-corrected chi connectivity index (χ0v) is 10.6. The molecule has 0 N–H and O–H groups in total. The molecule has 0 aliphatic carbocycles. The fourth-order valence-electron chi connectivity index (χ4n) is 0.693. The molecule has 0 aliphatic heterocycles. The Morgan fingerprint density at radius 3 is 2.67 bits per heavy atom. The smallest absolute Gasteiger partial charge is 0.341 e. The van der Waals surface area contributed by atoms with Crippen LogP contribution in [-0.4, -0.2) is 24.7 Å². The minimum atomic E-state index is -3.81. The van der Waals surface area contributed by atoms with Gasteiger partial charge in [0.1, 0.15) is 4.58 Å². The third kappa shape index (κ3) is 5.84. The summed E-state index contributed by atoms with van der Waals surface area (Å²) in [5.41, 5.74) is 0. The second-order valence-electron chi connectivity index (χ2n) is 2.89. The van der Waals surface area contributed by atoms with Crippen molar-refractivity contribution >= 4 is 27.8 Å². The lowest BCUT2D eigenvalue weighted by Gasteiger charge is -2.10. The van der Waals surface area contributed by atoms with Gasteiger partial charge in [0.15, 0.2) is 0 Å². The molecule has 1 atom stereocenters. The number of thioether (sulfide) groups is 1. The quantitative estimate of drug-likeness (QED) is 0.393. The van der Waals surface area contributed by atoms with Gasteiger partial charge in [-0.2, -0.15) is 8.42 Å². The summed E-state index contributed by atoms with van der Waals surface area (Å²) < 4.78 is 26.3. The van der Waals surface area contributed by atoms with E-state index in [1.165, 1.54) is 18.7 Å². The molecule has 0 aromatic heterocycles. The van der Waals surface area contributed by atoms with Gasteiger partial charge in [-0.15, -0.1) is 11.8 Å². The van der Waals surface area contributed by atoms with Crippen LogP contribution in [0.15, 0.2) is 12.7 Å². The van der Waals surface area contributed by atoms with E-state index in [1.54, 1.807) is 0 Å². The van der Waals surface area contributed by atoms with Crippen molar-refractivity contribution in [2.75, 3.05) is 5.75 Å². The predicted molar refractivity (Wildman–Crippen MR) is 62.0 cm³/mol. The van der Waals surface area contributed by atoms with Crippen LogP contribution in [0.25, 0.3) is 0 Å². The van der Waals surface area contributed by atoms with Crippen LogP contribution in [0.1, 0.15) is 26.7 Å². The fourth-order valence-corrected chi connectivity index (χ4v) is 2.99. The molecule has 0 saturated carbocycles. The highest BCUT2D eigenvalue weighted by Gasteiger charge is 2.24. The average Bonchev–Trinajstić information content (AvgIpc) is 2.17. The Kier molecular flexibility index (Phi) is 6.67. The Morgan fingerprint density at radius 2 is 2.20 bits per heavy atom. The SMILES string of the molecule is C=CC(=O)OS(=O)(=O)C(C)SCCCC. The van der Waals surface area contributed by atoms with Crippen LogP contribution < -0.4 is 0 Å². The van der Waals surface area contributed by atoms with E-state index in [2.05, 4.69) is 10.8 Å². The minimum absolute atomic E-state index is 0.729. The van der Waals surface area contributed by atoms with Crippen molar-refractivity contribution in [3.05, 3.63) is 12.7 Å². The van der Waals surface area contributed by atoms with Gasteiger partial charge in [-0.3, -0.25) is 0 Å².